The van der Waals surface area contributed by atoms with Crippen LogP contribution in [0.25, 0.3) is 15.9 Å². The Labute approximate surface area is 171 Å². The van der Waals surface area contributed by atoms with Crippen LogP contribution in [0.15, 0.2) is 54.6 Å². The Kier molecular flexibility index (Phi) is 4.24. The molecule has 5 rings (SSSR count). The molecule has 1 atom stereocenters. The molecular formula is C22H19N3O3S. The zero-order valence-corrected chi connectivity index (χ0v) is 16.8. The van der Waals surface area contributed by atoms with Crippen LogP contribution < -0.4 is 14.8 Å². The van der Waals surface area contributed by atoms with Gasteiger partial charge in [0.1, 0.15) is 4.83 Å². The molecule has 0 radical (unpaired) electrons. The molecule has 4 aromatic rings. The van der Waals surface area contributed by atoms with Gasteiger partial charge in [0.2, 0.25) is 6.79 Å². The number of benzene rings is 2. The van der Waals surface area contributed by atoms with Crippen molar-refractivity contribution in [1.82, 2.24) is 15.1 Å². The van der Waals surface area contributed by atoms with Crippen molar-refractivity contribution in [2.24, 2.45) is 0 Å². The quantitative estimate of drug-likeness (QED) is 0.538. The van der Waals surface area contributed by atoms with Crippen molar-refractivity contribution in [3.05, 3.63) is 70.7 Å². The van der Waals surface area contributed by atoms with Crippen molar-refractivity contribution in [3.8, 4) is 17.2 Å². The molecule has 0 fully saturated rings. The van der Waals surface area contributed by atoms with Gasteiger partial charge in [-0.05, 0) is 49.7 Å². The summed E-state index contributed by atoms with van der Waals surface area (Å²) in [7, 11) is 0. The minimum absolute atomic E-state index is 0.102. The Hall–Kier alpha value is -3.32. The summed E-state index contributed by atoms with van der Waals surface area (Å²) in [6, 6.07) is 17.4. The average molecular weight is 405 g/mol. The van der Waals surface area contributed by atoms with Gasteiger partial charge in [-0.15, -0.1) is 11.3 Å². The number of nitrogens with zero attached hydrogens (tertiary/aromatic N) is 2. The van der Waals surface area contributed by atoms with Gasteiger partial charge in [-0.25, -0.2) is 4.68 Å². The van der Waals surface area contributed by atoms with Crippen LogP contribution in [0.1, 0.15) is 33.9 Å². The molecule has 2 aromatic carbocycles. The number of amides is 1. The van der Waals surface area contributed by atoms with E-state index in [-0.39, 0.29) is 18.7 Å². The number of aryl methyl sites for hydroxylation is 1. The SMILES string of the molecule is Cc1nn(-c2ccccc2)c2sc(C(=O)NC(C)c3ccc4c(c3)OCO4)cc12. The number of carbonyl (C=O) groups is 1. The van der Waals surface area contributed by atoms with Gasteiger partial charge < -0.3 is 14.8 Å². The molecule has 0 saturated heterocycles. The highest BCUT2D eigenvalue weighted by Crippen LogP contribution is 2.35. The van der Waals surface area contributed by atoms with Gasteiger partial charge in [-0.3, -0.25) is 4.79 Å². The first-order valence-electron chi connectivity index (χ1n) is 9.35. The summed E-state index contributed by atoms with van der Waals surface area (Å²) in [5, 5.41) is 8.71. The van der Waals surface area contributed by atoms with Gasteiger partial charge in [0.15, 0.2) is 11.5 Å². The summed E-state index contributed by atoms with van der Waals surface area (Å²) in [5.41, 5.74) is 2.85. The second kappa shape index (κ2) is 6.93. The first-order chi connectivity index (χ1) is 14.1. The lowest BCUT2D eigenvalue weighted by atomic mass is 10.1. The Morgan fingerprint density at radius 2 is 1.93 bits per heavy atom. The summed E-state index contributed by atoms with van der Waals surface area (Å²) >= 11 is 1.45. The molecule has 146 valence electrons. The van der Waals surface area contributed by atoms with Crippen LogP contribution in [0.4, 0.5) is 0 Å². The Balaban J connectivity index is 1.41. The summed E-state index contributed by atoms with van der Waals surface area (Å²) in [6.45, 7) is 4.16. The second-order valence-electron chi connectivity index (χ2n) is 6.97. The van der Waals surface area contributed by atoms with Gasteiger partial charge in [-0.1, -0.05) is 24.3 Å². The monoisotopic (exact) mass is 405 g/mol. The molecule has 1 unspecified atom stereocenters. The van der Waals surface area contributed by atoms with Crippen molar-refractivity contribution < 1.29 is 14.3 Å². The smallest absolute Gasteiger partial charge is 0.261 e. The molecule has 3 heterocycles. The van der Waals surface area contributed by atoms with Crippen LogP contribution in [-0.4, -0.2) is 22.5 Å². The number of para-hydroxylation sites is 1. The molecule has 1 aliphatic heterocycles. The normalized spacial score (nSPS) is 13.6. The third-order valence-electron chi connectivity index (χ3n) is 5.01. The first kappa shape index (κ1) is 17.8. The largest absolute Gasteiger partial charge is 0.454 e. The fourth-order valence-corrected chi connectivity index (χ4v) is 4.52. The lowest BCUT2D eigenvalue weighted by molar-refractivity contribution is 0.0944. The number of aromatic nitrogens is 2. The van der Waals surface area contributed by atoms with E-state index >= 15 is 0 Å². The molecule has 2 aromatic heterocycles. The predicted molar refractivity (Wildman–Crippen MR) is 112 cm³/mol. The first-order valence-corrected chi connectivity index (χ1v) is 10.2. The number of fused-ring (bicyclic) bond motifs is 2. The van der Waals surface area contributed by atoms with Crippen molar-refractivity contribution in [1.29, 1.82) is 0 Å². The molecule has 0 aliphatic carbocycles. The molecule has 0 bridgehead atoms. The topological polar surface area (TPSA) is 65.4 Å². The van der Waals surface area contributed by atoms with E-state index in [0.29, 0.717) is 10.6 Å². The van der Waals surface area contributed by atoms with Crippen LogP contribution in [0.3, 0.4) is 0 Å². The number of nitrogens with one attached hydrogen (secondary N) is 1. The zero-order valence-electron chi connectivity index (χ0n) is 16.0. The van der Waals surface area contributed by atoms with E-state index in [1.165, 1.54) is 11.3 Å². The molecule has 6 nitrogen and oxygen atoms in total. The van der Waals surface area contributed by atoms with E-state index in [4.69, 9.17) is 9.47 Å². The number of rotatable bonds is 4. The summed E-state index contributed by atoms with van der Waals surface area (Å²) in [4.78, 5) is 14.5. The van der Waals surface area contributed by atoms with Crippen LogP contribution in [-0.2, 0) is 0 Å². The number of hydrogen-bond donors (Lipinski definition) is 1. The third-order valence-corrected chi connectivity index (χ3v) is 6.12. The average Bonchev–Trinajstić information content (AvgIpc) is 3.44. The molecule has 0 saturated carbocycles. The Morgan fingerprint density at radius 1 is 1.14 bits per heavy atom. The van der Waals surface area contributed by atoms with Crippen LogP contribution in [0.2, 0.25) is 0 Å². The third kappa shape index (κ3) is 3.13. The van der Waals surface area contributed by atoms with E-state index in [2.05, 4.69) is 10.4 Å². The van der Waals surface area contributed by atoms with Crippen molar-refractivity contribution >= 4 is 27.5 Å². The second-order valence-corrected chi connectivity index (χ2v) is 8.00. The minimum Gasteiger partial charge on any atom is -0.454 e. The number of ether oxygens (including phenoxy) is 2. The highest BCUT2D eigenvalue weighted by Gasteiger charge is 2.20. The van der Waals surface area contributed by atoms with Crippen molar-refractivity contribution in [2.45, 2.75) is 19.9 Å². The molecule has 1 N–H and O–H groups in total. The maximum Gasteiger partial charge on any atom is 0.261 e. The molecule has 1 amide bonds. The highest BCUT2D eigenvalue weighted by molar-refractivity contribution is 7.20. The molecule has 1 aliphatic rings. The lowest BCUT2D eigenvalue weighted by Crippen LogP contribution is -2.25. The predicted octanol–water partition coefficient (Wildman–Crippen LogP) is 4.62. The standard InChI is InChI=1S/C22H19N3O3S/c1-13(15-8-9-18-19(10-15)28-12-27-18)23-21(26)20-11-17-14(2)24-25(22(17)29-20)16-6-4-3-5-7-16/h3-11,13H,12H2,1-2H3,(H,23,26). The minimum atomic E-state index is -0.158. The summed E-state index contributed by atoms with van der Waals surface area (Å²) in [6.07, 6.45) is 0. The molecule has 29 heavy (non-hydrogen) atoms. The van der Waals surface area contributed by atoms with E-state index < -0.39 is 0 Å². The highest BCUT2D eigenvalue weighted by atomic mass is 32.1. The maximum absolute atomic E-state index is 12.9. The van der Waals surface area contributed by atoms with E-state index in [9.17, 15) is 4.79 Å². The van der Waals surface area contributed by atoms with E-state index in [1.54, 1.807) is 0 Å². The van der Waals surface area contributed by atoms with Gasteiger partial charge in [0, 0.05) is 5.39 Å². The van der Waals surface area contributed by atoms with Crippen molar-refractivity contribution in [2.75, 3.05) is 6.79 Å². The van der Waals surface area contributed by atoms with Crippen molar-refractivity contribution in [3.63, 3.8) is 0 Å². The van der Waals surface area contributed by atoms with E-state index in [0.717, 1.165) is 32.9 Å². The Bertz CT molecular complexity index is 1210. The molecule has 0 spiro atoms. The van der Waals surface area contributed by atoms with Crippen LogP contribution >= 0.6 is 11.3 Å². The molecular weight excluding hydrogens is 386 g/mol. The van der Waals surface area contributed by atoms with Gasteiger partial charge in [-0.2, -0.15) is 5.10 Å². The Morgan fingerprint density at radius 3 is 2.76 bits per heavy atom. The van der Waals surface area contributed by atoms with Gasteiger partial charge in [0.05, 0.1) is 22.3 Å². The number of carbonyl (C=O) groups excluding carboxylic acids is 1. The number of hydrogen-bond acceptors (Lipinski definition) is 5. The lowest BCUT2D eigenvalue weighted by Gasteiger charge is -2.14. The fraction of sp³-hybridized carbons (Fsp3) is 0.182. The summed E-state index contributed by atoms with van der Waals surface area (Å²) < 4.78 is 12.7. The van der Waals surface area contributed by atoms with Gasteiger partial charge in [0.25, 0.3) is 5.91 Å². The maximum atomic E-state index is 12.9. The van der Waals surface area contributed by atoms with Gasteiger partial charge >= 0.3 is 0 Å². The van der Waals surface area contributed by atoms with E-state index in [1.807, 2.05) is 73.1 Å². The zero-order chi connectivity index (χ0) is 20.0. The molecule has 7 heteroatoms. The summed E-state index contributed by atoms with van der Waals surface area (Å²) in [5.74, 6) is 1.34. The van der Waals surface area contributed by atoms with Crippen LogP contribution in [0.5, 0.6) is 11.5 Å². The fourth-order valence-electron chi connectivity index (χ4n) is 3.44. The van der Waals surface area contributed by atoms with Crippen LogP contribution in [0, 0.1) is 6.92 Å². The number of thiophene rings is 1.